The maximum absolute atomic E-state index is 11.9. The van der Waals surface area contributed by atoms with E-state index >= 15 is 0 Å². The van der Waals surface area contributed by atoms with E-state index in [4.69, 9.17) is 9.47 Å². The van der Waals surface area contributed by atoms with E-state index in [-0.39, 0.29) is 5.91 Å². The topological polar surface area (TPSA) is 59.9 Å². The number of rotatable bonds is 9. The summed E-state index contributed by atoms with van der Waals surface area (Å²) in [6, 6.07) is 15.6. The zero-order chi connectivity index (χ0) is 18.9. The number of nitrogens with one attached hydrogen (secondary N) is 1. The van der Waals surface area contributed by atoms with Crippen LogP contribution in [0.4, 0.5) is 0 Å². The third kappa shape index (κ3) is 6.52. The van der Waals surface area contributed by atoms with Gasteiger partial charge < -0.3 is 9.47 Å². The van der Waals surface area contributed by atoms with Gasteiger partial charge in [-0.2, -0.15) is 16.9 Å². The van der Waals surface area contributed by atoms with E-state index in [0.717, 1.165) is 39.9 Å². The lowest BCUT2D eigenvalue weighted by atomic mass is 10.2. The minimum atomic E-state index is -0.122. The van der Waals surface area contributed by atoms with Crippen molar-refractivity contribution in [3.8, 4) is 11.5 Å². The molecule has 5 nitrogen and oxygen atoms in total. The summed E-state index contributed by atoms with van der Waals surface area (Å²) < 4.78 is 11.0. The molecule has 1 aliphatic heterocycles. The van der Waals surface area contributed by atoms with Gasteiger partial charge in [0.25, 0.3) is 0 Å². The molecule has 1 amide bonds. The summed E-state index contributed by atoms with van der Waals surface area (Å²) in [5.74, 6) is 4.75. The second-order valence-electron chi connectivity index (χ2n) is 5.98. The molecule has 0 unspecified atom stereocenters. The van der Waals surface area contributed by atoms with Crippen molar-refractivity contribution in [1.82, 2.24) is 5.43 Å². The zero-order valence-corrected chi connectivity index (χ0v) is 16.7. The van der Waals surface area contributed by atoms with E-state index in [0.29, 0.717) is 11.9 Å². The molecule has 0 aliphatic carbocycles. The summed E-state index contributed by atoms with van der Waals surface area (Å²) in [7, 11) is 1.64. The Morgan fingerprint density at radius 3 is 2.78 bits per heavy atom. The number of hydrogen-bond acceptors (Lipinski definition) is 6. The SMILES string of the molecule is COc1ccc(CSCC(=O)NN=Cc2cccc(OC3CSC3)c2)cc1. The van der Waals surface area contributed by atoms with Gasteiger partial charge in [0.05, 0.1) is 19.1 Å². The van der Waals surface area contributed by atoms with Crippen molar-refractivity contribution in [1.29, 1.82) is 0 Å². The highest BCUT2D eigenvalue weighted by molar-refractivity contribution is 8.00. The van der Waals surface area contributed by atoms with Gasteiger partial charge in [0.15, 0.2) is 0 Å². The molecule has 0 atom stereocenters. The molecule has 0 radical (unpaired) electrons. The standard InChI is InChI=1S/C20H22N2O3S2/c1-24-17-7-5-15(6-8-17)11-26-14-20(23)22-21-10-16-3-2-4-18(9-16)25-19-12-27-13-19/h2-10,19H,11-14H2,1H3,(H,22,23). The van der Waals surface area contributed by atoms with Crippen molar-refractivity contribution < 1.29 is 14.3 Å². The van der Waals surface area contributed by atoms with Crippen LogP contribution >= 0.6 is 23.5 Å². The number of hydrogen-bond donors (Lipinski definition) is 1. The van der Waals surface area contributed by atoms with Crippen LogP contribution < -0.4 is 14.9 Å². The highest BCUT2D eigenvalue weighted by atomic mass is 32.2. The van der Waals surface area contributed by atoms with Gasteiger partial charge in [-0.05, 0) is 35.4 Å². The largest absolute Gasteiger partial charge is 0.497 e. The Labute approximate surface area is 167 Å². The number of carbonyl (C=O) groups is 1. The number of hydrazone groups is 1. The van der Waals surface area contributed by atoms with Crippen LogP contribution in [0.25, 0.3) is 0 Å². The highest BCUT2D eigenvalue weighted by Gasteiger charge is 2.19. The second kappa shape index (κ2) is 10.3. The molecule has 0 spiro atoms. The molecule has 0 aromatic heterocycles. The van der Waals surface area contributed by atoms with Crippen molar-refractivity contribution in [3.05, 3.63) is 59.7 Å². The molecule has 7 heteroatoms. The summed E-state index contributed by atoms with van der Waals surface area (Å²) in [6.07, 6.45) is 1.94. The quantitative estimate of drug-likeness (QED) is 0.513. The van der Waals surface area contributed by atoms with Crippen molar-refractivity contribution in [2.24, 2.45) is 5.10 Å². The first-order valence-electron chi connectivity index (χ1n) is 8.60. The first kappa shape index (κ1) is 19.6. The number of nitrogens with zero attached hydrogens (tertiary/aromatic N) is 1. The van der Waals surface area contributed by atoms with Crippen molar-refractivity contribution in [2.45, 2.75) is 11.9 Å². The van der Waals surface area contributed by atoms with Crippen LogP contribution in [0.1, 0.15) is 11.1 Å². The van der Waals surface area contributed by atoms with Gasteiger partial charge in [0.2, 0.25) is 5.91 Å². The van der Waals surface area contributed by atoms with E-state index in [1.165, 1.54) is 0 Å². The van der Waals surface area contributed by atoms with E-state index in [2.05, 4.69) is 10.5 Å². The van der Waals surface area contributed by atoms with Crippen LogP contribution in [0, 0.1) is 0 Å². The minimum absolute atomic E-state index is 0.122. The summed E-state index contributed by atoms with van der Waals surface area (Å²) in [5.41, 5.74) is 4.61. The summed E-state index contributed by atoms with van der Waals surface area (Å²) in [4.78, 5) is 11.9. The van der Waals surface area contributed by atoms with Crippen LogP contribution in [0.3, 0.4) is 0 Å². The molecule has 1 aliphatic rings. The molecule has 2 aromatic carbocycles. The van der Waals surface area contributed by atoms with E-state index < -0.39 is 0 Å². The molecule has 27 heavy (non-hydrogen) atoms. The van der Waals surface area contributed by atoms with Crippen LogP contribution in [0.5, 0.6) is 11.5 Å². The Hall–Kier alpha value is -2.12. The molecule has 3 rings (SSSR count). The number of benzene rings is 2. The zero-order valence-electron chi connectivity index (χ0n) is 15.1. The molecule has 2 aromatic rings. The maximum Gasteiger partial charge on any atom is 0.250 e. The van der Waals surface area contributed by atoms with Gasteiger partial charge in [-0.1, -0.05) is 24.3 Å². The molecule has 142 valence electrons. The predicted molar refractivity (Wildman–Crippen MR) is 113 cm³/mol. The number of thioether (sulfide) groups is 2. The van der Waals surface area contributed by atoms with Crippen molar-refractivity contribution in [3.63, 3.8) is 0 Å². The lowest BCUT2D eigenvalue weighted by molar-refractivity contribution is -0.118. The fourth-order valence-electron chi connectivity index (χ4n) is 2.34. The third-order valence-electron chi connectivity index (χ3n) is 3.83. The maximum atomic E-state index is 11.9. The third-order valence-corrected chi connectivity index (χ3v) is 6.05. The Balaban J connectivity index is 1.38. The molecule has 1 N–H and O–H groups in total. The average molecular weight is 403 g/mol. The van der Waals surface area contributed by atoms with Crippen LogP contribution in [0.15, 0.2) is 53.6 Å². The Morgan fingerprint density at radius 1 is 1.26 bits per heavy atom. The number of ether oxygens (including phenoxy) is 2. The Bertz CT molecular complexity index is 777. The normalized spacial score (nSPS) is 14.0. The van der Waals surface area contributed by atoms with Gasteiger partial charge in [-0.3, -0.25) is 4.79 Å². The predicted octanol–water partition coefficient (Wildman–Crippen LogP) is 3.57. The van der Waals surface area contributed by atoms with E-state index in [9.17, 15) is 4.79 Å². The molecule has 1 fully saturated rings. The summed E-state index contributed by atoms with van der Waals surface area (Å²) >= 11 is 3.43. The molecule has 1 saturated heterocycles. The first-order chi connectivity index (χ1) is 13.2. The van der Waals surface area contributed by atoms with Crippen molar-refractivity contribution >= 4 is 35.6 Å². The first-order valence-corrected chi connectivity index (χ1v) is 10.9. The average Bonchev–Trinajstić information content (AvgIpc) is 2.66. The fraction of sp³-hybridized carbons (Fsp3) is 0.300. The highest BCUT2D eigenvalue weighted by Crippen LogP contribution is 2.24. The number of carbonyl (C=O) groups excluding carboxylic acids is 1. The Kier molecular flexibility index (Phi) is 7.47. The van der Waals surface area contributed by atoms with Gasteiger partial charge in [-0.15, -0.1) is 11.8 Å². The van der Waals surface area contributed by atoms with Gasteiger partial charge in [-0.25, -0.2) is 5.43 Å². The number of amides is 1. The van der Waals surface area contributed by atoms with Crippen LogP contribution in [-0.2, 0) is 10.5 Å². The van der Waals surface area contributed by atoms with E-state index in [1.54, 1.807) is 25.1 Å². The minimum Gasteiger partial charge on any atom is -0.497 e. The number of methoxy groups -OCH3 is 1. The van der Waals surface area contributed by atoms with Gasteiger partial charge >= 0.3 is 0 Å². The lowest BCUT2D eigenvalue weighted by Crippen LogP contribution is -2.31. The summed E-state index contributed by atoms with van der Waals surface area (Å²) in [5, 5.41) is 4.03. The van der Waals surface area contributed by atoms with Crippen molar-refractivity contribution in [2.75, 3.05) is 24.4 Å². The molecular weight excluding hydrogens is 380 g/mol. The molecule has 1 heterocycles. The smallest absolute Gasteiger partial charge is 0.250 e. The van der Waals surface area contributed by atoms with Gasteiger partial charge in [0, 0.05) is 17.3 Å². The van der Waals surface area contributed by atoms with Crippen LogP contribution in [0.2, 0.25) is 0 Å². The Morgan fingerprint density at radius 2 is 2.07 bits per heavy atom. The molecular formula is C20H22N2O3S2. The van der Waals surface area contributed by atoms with Crippen LogP contribution in [-0.4, -0.2) is 42.6 Å². The van der Waals surface area contributed by atoms with Gasteiger partial charge in [0.1, 0.15) is 17.6 Å². The summed E-state index contributed by atoms with van der Waals surface area (Å²) in [6.45, 7) is 0. The molecule has 0 saturated carbocycles. The van der Waals surface area contributed by atoms with E-state index in [1.807, 2.05) is 60.3 Å². The second-order valence-corrected chi connectivity index (χ2v) is 8.04. The fourth-order valence-corrected chi connectivity index (χ4v) is 3.68. The molecule has 0 bridgehead atoms. The lowest BCUT2D eigenvalue weighted by Gasteiger charge is -2.25. The monoisotopic (exact) mass is 402 g/mol.